The lowest BCUT2D eigenvalue weighted by molar-refractivity contribution is -0.167. The number of anilines is 4. The molecule has 0 saturated carbocycles. The Bertz CT molecular complexity index is 3890. The molecule has 0 saturated heterocycles. The number of pyridine rings is 2. The van der Waals surface area contributed by atoms with Gasteiger partial charge in [0.25, 0.3) is 11.8 Å². The largest absolute Gasteiger partial charge is 0.492 e. The number of ether oxygens (including phenoxy) is 2. The van der Waals surface area contributed by atoms with Gasteiger partial charge in [-0.25, -0.2) is 9.59 Å². The average molecular weight is 1220 g/mol. The lowest BCUT2D eigenvalue weighted by Crippen LogP contribution is -2.31. The Morgan fingerprint density at radius 1 is 0.466 bits per heavy atom. The molecule has 8 rings (SSSR count). The van der Waals surface area contributed by atoms with E-state index in [-0.39, 0.29) is 107 Å². The van der Waals surface area contributed by atoms with Crippen LogP contribution in [-0.2, 0) is 19.2 Å². The Morgan fingerprint density at radius 2 is 0.852 bits per heavy atom. The molecular weight excluding hydrogens is 1170 g/mol. The zero-order valence-corrected chi connectivity index (χ0v) is 45.9. The van der Waals surface area contributed by atoms with E-state index in [1.54, 1.807) is 73.1 Å². The van der Waals surface area contributed by atoms with E-state index in [1.807, 2.05) is 0 Å². The van der Waals surface area contributed by atoms with Crippen LogP contribution >= 0.6 is 0 Å². The molecule has 0 radical (unpaired) electrons. The highest BCUT2D eigenvalue weighted by molar-refractivity contribution is 6.19. The molecule has 0 atom stereocenters. The van der Waals surface area contributed by atoms with Crippen molar-refractivity contribution in [3.05, 3.63) is 189 Å². The number of hydrogen-bond donors (Lipinski definition) is 8. The number of fused-ring (bicyclic) bond motifs is 2. The van der Waals surface area contributed by atoms with Crippen molar-refractivity contribution in [2.45, 2.75) is 39.0 Å². The van der Waals surface area contributed by atoms with E-state index >= 15 is 0 Å². The number of ketones is 2. The van der Waals surface area contributed by atoms with Crippen molar-refractivity contribution < 1.29 is 94.0 Å². The maximum absolute atomic E-state index is 14.0. The quantitative estimate of drug-likeness (QED) is 0.0169. The third-order valence-electron chi connectivity index (χ3n) is 13.3. The van der Waals surface area contributed by atoms with E-state index in [1.165, 1.54) is 57.5 Å². The molecule has 28 heteroatoms. The molecular formula is C60H48F6N8O14. The zero-order chi connectivity index (χ0) is 63.8. The van der Waals surface area contributed by atoms with E-state index in [4.69, 9.17) is 9.47 Å². The van der Waals surface area contributed by atoms with E-state index in [0.29, 0.717) is 11.0 Å². The first-order chi connectivity index (χ1) is 41.7. The number of carboxylic acids is 2. The Kier molecular flexibility index (Phi) is 18.7. The molecule has 4 aromatic heterocycles. The minimum absolute atomic E-state index is 0.0201. The number of carboxylic acid groups (broad SMARTS) is 2. The summed E-state index contributed by atoms with van der Waals surface area (Å²) < 4.78 is 92.1. The van der Waals surface area contributed by atoms with Crippen LogP contribution in [0.4, 0.5) is 49.4 Å². The highest BCUT2D eigenvalue weighted by Gasteiger charge is 2.40. The van der Waals surface area contributed by atoms with Crippen molar-refractivity contribution in [1.29, 1.82) is 0 Å². The van der Waals surface area contributed by atoms with Gasteiger partial charge < -0.3 is 60.4 Å². The Balaban J connectivity index is 0.784. The number of aromatic nitrogens is 2. The Labute approximate surface area is 492 Å². The molecule has 8 N–H and O–H groups in total. The number of carbonyl (C=O) groups is 10. The van der Waals surface area contributed by atoms with Gasteiger partial charge >= 0.3 is 36.1 Å². The molecule has 8 aromatic rings. The fourth-order valence-electron chi connectivity index (χ4n) is 9.10. The van der Waals surface area contributed by atoms with E-state index < -0.39 is 93.8 Å². The van der Waals surface area contributed by atoms with Crippen LogP contribution in [0.1, 0.15) is 97.2 Å². The standard InChI is InChI=1S/C60H48F6N8O14/c1-31-47(49(77)33-15-17-41(39(29-33)55(81)82)69-57(85)59(61,62)63)43-13-3-5-23-73(43)51(31)71-53(79)35-9-7-11-37(27-35)87-25-21-67-45(75)19-20-46(76)68-22-26-88-38-12-8-10-36(28-38)54(80)72-52-32(2)48(44-14-4-6-24-74(44)52)50(78)34-16-18-42(40(30-34)56(83)84)70-58(86)60(64,65)66/h3-18,23-24,27-30H,19-22,25-26H2,1-2H3,(H,67,75)(H,68,76)(H,69,85)(H,70,86)(H,71,79)(H,72,80)(H,81,82)(H,83,84). The highest BCUT2D eigenvalue weighted by Crippen LogP contribution is 2.34. The number of halogens is 6. The van der Waals surface area contributed by atoms with Crippen LogP contribution in [0.3, 0.4) is 0 Å². The predicted octanol–water partition coefficient (Wildman–Crippen LogP) is 8.64. The highest BCUT2D eigenvalue weighted by atomic mass is 19.4. The number of hydrogen-bond acceptors (Lipinski definition) is 12. The summed E-state index contributed by atoms with van der Waals surface area (Å²) in [6.07, 6.45) is -7.86. The van der Waals surface area contributed by atoms with Crippen LogP contribution in [0.5, 0.6) is 11.5 Å². The minimum atomic E-state index is -5.31. The summed E-state index contributed by atoms with van der Waals surface area (Å²) in [4.78, 5) is 127. The predicted molar refractivity (Wildman–Crippen MR) is 302 cm³/mol. The second kappa shape index (κ2) is 26.3. The lowest BCUT2D eigenvalue weighted by atomic mass is 9.98. The number of alkyl halides is 6. The van der Waals surface area contributed by atoms with Crippen LogP contribution < -0.4 is 41.4 Å². The first-order valence-electron chi connectivity index (χ1n) is 26.1. The normalized spacial score (nSPS) is 11.3. The summed E-state index contributed by atoms with van der Waals surface area (Å²) in [5, 5.41) is 33.3. The van der Waals surface area contributed by atoms with Gasteiger partial charge in [-0.05, 0) is 111 Å². The first-order valence-corrected chi connectivity index (χ1v) is 26.1. The number of aromatic carboxylic acids is 2. The molecule has 4 heterocycles. The van der Waals surface area contributed by atoms with Crippen LogP contribution in [0.2, 0.25) is 0 Å². The van der Waals surface area contributed by atoms with Gasteiger partial charge in [-0.15, -0.1) is 0 Å². The monoisotopic (exact) mass is 1220 g/mol. The lowest BCUT2D eigenvalue weighted by Gasteiger charge is -2.12. The number of nitrogens with one attached hydrogen (secondary N) is 6. The second-order valence-electron chi connectivity index (χ2n) is 19.2. The summed E-state index contributed by atoms with van der Waals surface area (Å²) in [7, 11) is 0. The van der Waals surface area contributed by atoms with E-state index in [9.17, 15) is 84.5 Å². The summed E-state index contributed by atoms with van der Waals surface area (Å²) in [6, 6.07) is 27.2. The molecule has 0 fully saturated rings. The SMILES string of the molecule is Cc1c(C(=O)c2ccc(NC(=O)C(F)(F)F)c(C(=O)O)c2)c2ccccn2c1NC(=O)c1cccc(OCCNC(=O)CCC(=O)NCCOc2cccc(C(=O)Nc3c(C)c(C(=O)c4ccc(NC(=O)C(F)(F)F)c(C(=O)O)c4)c4ccccn34)c2)c1. The van der Waals surface area contributed by atoms with Crippen LogP contribution in [0.25, 0.3) is 11.0 Å². The van der Waals surface area contributed by atoms with Crippen molar-refractivity contribution in [2.75, 3.05) is 47.6 Å². The van der Waals surface area contributed by atoms with Gasteiger partial charge in [0.05, 0.1) is 57.8 Å². The van der Waals surface area contributed by atoms with Crippen molar-refractivity contribution in [1.82, 2.24) is 19.4 Å². The molecule has 0 aliphatic heterocycles. The molecule has 4 aromatic carbocycles. The molecule has 454 valence electrons. The molecule has 0 aliphatic carbocycles. The number of nitrogens with zero attached hydrogens (tertiary/aromatic N) is 2. The fourth-order valence-corrected chi connectivity index (χ4v) is 9.10. The van der Waals surface area contributed by atoms with Gasteiger partial charge in [-0.3, -0.25) is 38.4 Å². The number of carbonyl (C=O) groups excluding carboxylic acids is 8. The van der Waals surface area contributed by atoms with Gasteiger partial charge in [0, 0.05) is 58.6 Å². The molecule has 0 unspecified atom stereocenters. The summed E-state index contributed by atoms with van der Waals surface area (Å²) in [5.74, 6) is -11.1. The second-order valence-corrected chi connectivity index (χ2v) is 19.2. The van der Waals surface area contributed by atoms with Crippen LogP contribution in [0, 0.1) is 13.8 Å². The average Bonchev–Trinajstić information content (AvgIpc) is 1.72. The third-order valence-corrected chi connectivity index (χ3v) is 13.3. The van der Waals surface area contributed by atoms with Gasteiger partial charge in [-0.1, -0.05) is 24.3 Å². The Morgan fingerprint density at radius 3 is 1.22 bits per heavy atom. The van der Waals surface area contributed by atoms with Crippen molar-refractivity contribution in [2.24, 2.45) is 0 Å². The van der Waals surface area contributed by atoms with Crippen LogP contribution in [0.15, 0.2) is 134 Å². The number of benzene rings is 4. The summed E-state index contributed by atoms with van der Waals surface area (Å²) >= 11 is 0. The zero-order valence-electron chi connectivity index (χ0n) is 45.9. The first kappa shape index (κ1) is 62.7. The summed E-state index contributed by atoms with van der Waals surface area (Å²) in [5.41, 5.74) is -1.93. The molecule has 0 bridgehead atoms. The van der Waals surface area contributed by atoms with Gasteiger partial charge in [0.2, 0.25) is 11.8 Å². The third kappa shape index (κ3) is 14.4. The molecule has 88 heavy (non-hydrogen) atoms. The van der Waals surface area contributed by atoms with Crippen molar-refractivity contribution in [3.63, 3.8) is 0 Å². The molecule has 0 spiro atoms. The van der Waals surface area contributed by atoms with Crippen LogP contribution in [-0.4, -0.2) is 117 Å². The number of rotatable bonds is 23. The molecule has 6 amide bonds. The Hall–Kier alpha value is -11.3. The fraction of sp³-hybridized carbons (Fsp3) is 0.167. The maximum atomic E-state index is 14.0. The topological polar surface area (TPSA) is 311 Å². The maximum Gasteiger partial charge on any atom is 0.471 e. The van der Waals surface area contributed by atoms with Crippen molar-refractivity contribution >= 4 is 93.0 Å². The van der Waals surface area contributed by atoms with Crippen molar-refractivity contribution in [3.8, 4) is 11.5 Å². The molecule has 0 aliphatic rings. The smallest absolute Gasteiger partial charge is 0.471 e. The summed E-state index contributed by atoms with van der Waals surface area (Å²) in [6.45, 7) is 3.02. The van der Waals surface area contributed by atoms with Gasteiger partial charge in [0.15, 0.2) is 11.6 Å². The van der Waals surface area contributed by atoms with E-state index in [0.717, 1.165) is 36.4 Å². The van der Waals surface area contributed by atoms with Gasteiger partial charge in [-0.2, -0.15) is 26.3 Å². The van der Waals surface area contributed by atoms with E-state index in [2.05, 4.69) is 21.3 Å². The number of amides is 6. The van der Waals surface area contributed by atoms with Gasteiger partial charge in [0.1, 0.15) is 36.3 Å². The molecule has 22 nitrogen and oxygen atoms in total. The minimum Gasteiger partial charge on any atom is -0.492 e.